The molecule has 0 aliphatic heterocycles. The molecule has 2 amide bonds. The maximum Gasteiger partial charge on any atom is 0.315 e. The minimum absolute atomic E-state index is 0.169. The van der Waals surface area contributed by atoms with Crippen molar-refractivity contribution in [1.82, 2.24) is 10.6 Å². The van der Waals surface area contributed by atoms with Gasteiger partial charge in [-0.25, -0.2) is 4.79 Å². The lowest BCUT2D eigenvalue weighted by Crippen LogP contribution is -2.43. The van der Waals surface area contributed by atoms with Crippen LogP contribution in [0.2, 0.25) is 0 Å². The summed E-state index contributed by atoms with van der Waals surface area (Å²) < 4.78 is 10.9. The van der Waals surface area contributed by atoms with Gasteiger partial charge in [0.1, 0.15) is 0 Å². The second kappa shape index (κ2) is 8.05. The Balaban J connectivity index is 3.73. The van der Waals surface area contributed by atoms with Gasteiger partial charge in [-0.3, -0.25) is 9.00 Å². The number of amides is 2. The first-order valence-electron chi connectivity index (χ1n) is 5.40. The average molecular weight is 264 g/mol. The molecule has 0 bridgehead atoms. The first-order chi connectivity index (χ1) is 7.82. The molecule has 0 fully saturated rings. The molecular weight excluding hydrogens is 244 g/mol. The molecule has 3 atom stereocenters. The SMILES string of the molecule is CC(CS(C)=O)NC(=O)NCCC(C)C(=O)O. The van der Waals surface area contributed by atoms with Gasteiger partial charge < -0.3 is 15.7 Å². The molecule has 0 saturated heterocycles. The van der Waals surface area contributed by atoms with Gasteiger partial charge in [0.05, 0.1) is 5.92 Å². The predicted octanol–water partition coefficient (Wildman–Crippen LogP) is 0.163. The highest BCUT2D eigenvalue weighted by Crippen LogP contribution is 1.99. The van der Waals surface area contributed by atoms with Crippen molar-refractivity contribution in [1.29, 1.82) is 0 Å². The summed E-state index contributed by atoms with van der Waals surface area (Å²) in [6, 6.07) is -0.529. The van der Waals surface area contributed by atoms with Crippen LogP contribution in [-0.2, 0) is 15.6 Å². The molecule has 0 rings (SSSR count). The Morgan fingerprint density at radius 2 is 1.94 bits per heavy atom. The standard InChI is InChI=1S/C10H20N2O4S/c1-7(9(13)14)4-5-11-10(15)12-8(2)6-17(3)16/h7-8H,4-6H2,1-3H3,(H,13,14)(H2,11,12,15). The molecule has 0 aromatic carbocycles. The van der Waals surface area contributed by atoms with E-state index in [1.165, 1.54) is 0 Å². The zero-order valence-electron chi connectivity index (χ0n) is 10.4. The number of hydrogen-bond acceptors (Lipinski definition) is 3. The molecule has 0 aliphatic carbocycles. The summed E-state index contributed by atoms with van der Waals surface area (Å²) in [5.41, 5.74) is 0. The van der Waals surface area contributed by atoms with Crippen molar-refractivity contribution < 1.29 is 18.9 Å². The van der Waals surface area contributed by atoms with E-state index in [1.807, 2.05) is 0 Å². The Bertz CT molecular complexity index is 296. The first kappa shape index (κ1) is 15.9. The lowest BCUT2D eigenvalue weighted by Gasteiger charge is -2.13. The average Bonchev–Trinajstić information content (AvgIpc) is 2.15. The highest BCUT2D eigenvalue weighted by atomic mass is 32.2. The molecule has 0 radical (unpaired) electrons. The third-order valence-electron chi connectivity index (χ3n) is 2.15. The van der Waals surface area contributed by atoms with Crippen LogP contribution in [0, 0.1) is 5.92 Å². The van der Waals surface area contributed by atoms with Gasteiger partial charge >= 0.3 is 12.0 Å². The highest BCUT2D eigenvalue weighted by molar-refractivity contribution is 7.84. The number of carbonyl (C=O) groups is 2. The minimum atomic E-state index is -0.952. The molecule has 0 saturated carbocycles. The molecule has 3 unspecified atom stereocenters. The van der Waals surface area contributed by atoms with Crippen LogP contribution < -0.4 is 10.6 Å². The molecule has 3 N–H and O–H groups in total. The fourth-order valence-corrected chi connectivity index (χ4v) is 1.98. The van der Waals surface area contributed by atoms with Crippen molar-refractivity contribution in [3.63, 3.8) is 0 Å². The van der Waals surface area contributed by atoms with Gasteiger partial charge in [-0.05, 0) is 13.3 Å². The molecule has 100 valence electrons. The van der Waals surface area contributed by atoms with E-state index < -0.39 is 22.7 Å². The number of rotatable bonds is 7. The summed E-state index contributed by atoms with van der Waals surface area (Å²) in [5.74, 6) is -0.948. The van der Waals surface area contributed by atoms with Crippen molar-refractivity contribution >= 4 is 22.8 Å². The zero-order chi connectivity index (χ0) is 13.4. The third-order valence-corrected chi connectivity index (χ3v) is 3.12. The van der Waals surface area contributed by atoms with E-state index in [9.17, 15) is 13.8 Å². The summed E-state index contributed by atoms with van der Waals surface area (Å²) in [6.45, 7) is 3.66. The van der Waals surface area contributed by atoms with E-state index in [4.69, 9.17) is 5.11 Å². The lowest BCUT2D eigenvalue weighted by molar-refractivity contribution is -0.141. The van der Waals surface area contributed by atoms with Crippen LogP contribution in [0.5, 0.6) is 0 Å². The Kier molecular flexibility index (Phi) is 7.53. The highest BCUT2D eigenvalue weighted by Gasteiger charge is 2.12. The number of carboxylic acids is 1. The fraction of sp³-hybridized carbons (Fsp3) is 0.800. The third kappa shape index (κ3) is 8.67. The van der Waals surface area contributed by atoms with Crippen LogP contribution in [0.15, 0.2) is 0 Å². The second-order valence-electron chi connectivity index (χ2n) is 4.07. The summed E-state index contributed by atoms with van der Waals surface area (Å²) >= 11 is 0. The van der Waals surface area contributed by atoms with E-state index in [0.29, 0.717) is 18.7 Å². The van der Waals surface area contributed by atoms with Crippen LogP contribution in [-0.4, -0.2) is 45.9 Å². The number of aliphatic carboxylic acids is 1. The Morgan fingerprint density at radius 1 is 1.35 bits per heavy atom. The van der Waals surface area contributed by atoms with Crippen molar-refractivity contribution in [2.75, 3.05) is 18.6 Å². The molecule has 7 heteroatoms. The van der Waals surface area contributed by atoms with E-state index in [-0.39, 0.29) is 12.1 Å². The Morgan fingerprint density at radius 3 is 2.41 bits per heavy atom. The van der Waals surface area contributed by atoms with E-state index >= 15 is 0 Å². The lowest BCUT2D eigenvalue weighted by atomic mass is 10.1. The molecule has 0 heterocycles. The summed E-state index contributed by atoms with van der Waals surface area (Å²) in [4.78, 5) is 21.8. The molecule has 17 heavy (non-hydrogen) atoms. The van der Waals surface area contributed by atoms with Gasteiger partial charge in [0.25, 0.3) is 0 Å². The molecule has 0 aliphatic rings. The summed E-state index contributed by atoms with van der Waals surface area (Å²) in [5, 5.41) is 13.8. The topological polar surface area (TPSA) is 95.5 Å². The largest absolute Gasteiger partial charge is 0.481 e. The normalized spacial score (nSPS) is 15.7. The van der Waals surface area contributed by atoms with Crippen LogP contribution in [0.4, 0.5) is 4.79 Å². The molecule has 0 spiro atoms. The predicted molar refractivity (Wildman–Crippen MR) is 66.3 cm³/mol. The molecule has 6 nitrogen and oxygen atoms in total. The smallest absolute Gasteiger partial charge is 0.315 e. The number of urea groups is 1. The van der Waals surface area contributed by atoms with Crippen molar-refractivity contribution in [3.8, 4) is 0 Å². The van der Waals surface area contributed by atoms with Crippen LogP contribution in [0.3, 0.4) is 0 Å². The maximum absolute atomic E-state index is 11.3. The minimum Gasteiger partial charge on any atom is -0.481 e. The van der Waals surface area contributed by atoms with Crippen LogP contribution >= 0.6 is 0 Å². The van der Waals surface area contributed by atoms with E-state index in [2.05, 4.69) is 10.6 Å². The number of nitrogens with one attached hydrogen (secondary N) is 2. The Labute approximate surface area is 104 Å². The summed E-state index contributed by atoms with van der Waals surface area (Å²) in [6.07, 6.45) is 1.96. The van der Waals surface area contributed by atoms with Crippen molar-refractivity contribution in [2.24, 2.45) is 5.92 Å². The first-order valence-corrected chi connectivity index (χ1v) is 7.12. The van der Waals surface area contributed by atoms with Gasteiger partial charge in [0.15, 0.2) is 0 Å². The number of carbonyl (C=O) groups excluding carboxylic acids is 1. The quantitative estimate of drug-likeness (QED) is 0.610. The van der Waals surface area contributed by atoms with Gasteiger partial charge in [-0.1, -0.05) is 6.92 Å². The van der Waals surface area contributed by atoms with Gasteiger partial charge in [-0.2, -0.15) is 0 Å². The van der Waals surface area contributed by atoms with Crippen LogP contribution in [0.1, 0.15) is 20.3 Å². The molecule has 0 aromatic rings. The number of hydrogen-bond donors (Lipinski definition) is 3. The summed E-state index contributed by atoms with van der Waals surface area (Å²) in [7, 11) is -0.952. The Hall–Kier alpha value is -1.11. The second-order valence-corrected chi connectivity index (χ2v) is 5.55. The van der Waals surface area contributed by atoms with Crippen molar-refractivity contribution in [3.05, 3.63) is 0 Å². The zero-order valence-corrected chi connectivity index (χ0v) is 11.2. The van der Waals surface area contributed by atoms with E-state index in [0.717, 1.165) is 0 Å². The van der Waals surface area contributed by atoms with Gasteiger partial charge in [0.2, 0.25) is 0 Å². The number of carboxylic acid groups (broad SMARTS) is 1. The van der Waals surface area contributed by atoms with Crippen molar-refractivity contribution in [2.45, 2.75) is 26.3 Å². The molecular formula is C10H20N2O4S. The van der Waals surface area contributed by atoms with Gasteiger partial charge in [0, 0.05) is 35.4 Å². The fourth-order valence-electron chi connectivity index (χ4n) is 1.19. The monoisotopic (exact) mass is 264 g/mol. The maximum atomic E-state index is 11.3. The molecule has 0 aromatic heterocycles. The van der Waals surface area contributed by atoms with E-state index in [1.54, 1.807) is 20.1 Å². The van der Waals surface area contributed by atoms with Gasteiger partial charge in [-0.15, -0.1) is 0 Å². The van der Waals surface area contributed by atoms with Crippen LogP contribution in [0.25, 0.3) is 0 Å².